The van der Waals surface area contributed by atoms with Crippen LogP contribution in [0.15, 0.2) is 48.5 Å². The summed E-state index contributed by atoms with van der Waals surface area (Å²) in [5, 5.41) is 2.77. The van der Waals surface area contributed by atoms with Gasteiger partial charge < -0.3 is 15.0 Å². The molecule has 0 atom stereocenters. The number of carbonyl (C=O) groups excluding carboxylic acids is 2. The van der Waals surface area contributed by atoms with Gasteiger partial charge in [-0.1, -0.05) is 11.6 Å². The van der Waals surface area contributed by atoms with E-state index in [4.69, 9.17) is 4.74 Å². The molecule has 0 radical (unpaired) electrons. The number of nitrogens with one attached hydrogen (secondary N) is 1. The summed E-state index contributed by atoms with van der Waals surface area (Å²) in [7, 11) is 4.99. The molecule has 2 rings (SSSR count). The van der Waals surface area contributed by atoms with Gasteiger partial charge in [0.1, 0.15) is 5.75 Å². The van der Waals surface area contributed by atoms with Gasteiger partial charge in [0.05, 0.1) is 7.11 Å². The topological polar surface area (TPSA) is 58.6 Å². The van der Waals surface area contributed by atoms with Crippen molar-refractivity contribution < 1.29 is 14.3 Å². The molecule has 0 aliphatic carbocycles. The Morgan fingerprint density at radius 3 is 2.36 bits per heavy atom. The van der Waals surface area contributed by atoms with Crippen LogP contribution in [-0.4, -0.2) is 37.9 Å². The molecule has 5 heteroatoms. The number of hydrogen-bond donors (Lipinski definition) is 1. The summed E-state index contributed by atoms with van der Waals surface area (Å²) in [4.78, 5) is 25.4. The molecule has 0 bridgehead atoms. The third-order valence-electron chi connectivity index (χ3n) is 3.61. The minimum absolute atomic E-state index is 0.0793. The van der Waals surface area contributed by atoms with Crippen LogP contribution < -0.4 is 10.1 Å². The summed E-state index contributed by atoms with van der Waals surface area (Å²) in [6.07, 6.45) is 3.17. The molecule has 130 valence electrons. The van der Waals surface area contributed by atoms with Gasteiger partial charge in [0.25, 0.3) is 5.91 Å². The van der Waals surface area contributed by atoms with Gasteiger partial charge in [0.2, 0.25) is 5.91 Å². The largest absolute Gasteiger partial charge is 0.496 e. The van der Waals surface area contributed by atoms with Crippen molar-refractivity contribution >= 4 is 23.6 Å². The van der Waals surface area contributed by atoms with E-state index in [1.165, 1.54) is 11.0 Å². The maximum Gasteiger partial charge on any atom is 0.253 e. The van der Waals surface area contributed by atoms with Crippen LogP contribution in [0, 0.1) is 6.92 Å². The second kappa shape index (κ2) is 8.15. The fourth-order valence-corrected chi connectivity index (χ4v) is 2.29. The molecule has 1 N–H and O–H groups in total. The minimum atomic E-state index is -0.254. The lowest BCUT2D eigenvalue weighted by Crippen LogP contribution is -2.21. The van der Waals surface area contributed by atoms with Gasteiger partial charge in [-0.2, -0.15) is 0 Å². The van der Waals surface area contributed by atoms with Crippen LogP contribution in [0.3, 0.4) is 0 Å². The lowest BCUT2D eigenvalue weighted by Gasteiger charge is -2.10. The Morgan fingerprint density at radius 2 is 1.76 bits per heavy atom. The molecule has 0 aliphatic heterocycles. The highest BCUT2D eigenvalue weighted by Crippen LogP contribution is 2.21. The second-order valence-electron chi connectivity index (χ2n) is 5.84. The Balaban J connectivity index is 2.05. The first-order valence-electron chi connectivity index (χ1n) is 7.86. The molecule has 0 aromatic heterocycles. The quantitative estimate of drug-likeness (QED) is 0.851. The summed E-state index contributed by atoms with van der Waals surface area (Å²) < 4.78 is 5.29. The van der Waals surface area contributed by atoms with E-state index >= 15 is 0 Å². The number of benzene rings is 2. The van der Waals surface area contributed by atoms with Gasteiger partial charge in [-0.3, -0.25) is 9.59 Å². The van der Waals surface area contributed by atoms with Gasteiger partial charge in [-0.05, 0) is 49.4 Å². The summed E-state index contributed by atoms with van der Waals surface area (Å²) in [5.41, 5.74) is 3.12. The van der Waals surface area contributed by atoms with E-state index in [1.54, 1.807) is 51.5 Å². The van der Waals surface area contributed by atoms with Crippen LogP contribution in [0.4, 0.5) is 5.69 Å². The van der Waals surface area contributed by atoms with Crippen molar-refractivity contribution in [2.45, 2.75) is 6.92 Å². The van der Waals surface area contributed by atoms with Crippen molar-refractivity contribution in [3.63, 3.8) is 0 Å². The molecule has 25 heavy (non-hydrogen) atoms. The van der Waals surface area contributed by atoms with E-state index in [-0.39, 0.29) is 11.8 Å². The molecule has 0 aliphatic rings. The van der Waals surface area contributed by atoms with Crippen LogP contribution in [0.25, 0.3) is 6.08 Å². The summed E-state index contributed by atoms with van der Waals surface area (Å²) in [6, 6.07) is 12.5. The lowest BCUT2D eigenvalue weighted by molar-refractivity contribution is -0.111. The van der Waals surface area contributed by atoms with Crippen molar-refractivity contribution in [3.05, 3.63) is 65.2 Å². The Morgan fingerprint density at radius 1 is 1.08 bits per heavy atom. The summed E-state index contributed by atoms with van der Waals surface area (Å²) in [5.74, 6) is 0.376. The van der Waals surface area contributed by atoms with Gasteiger partial charge in [-0.15, -0.1) is 0 Å². The smallest absolute Gasteiger partial charge is 0.253 e. The number of amides is 2. The van der Waals surface area contributed by atoms with E-state index in [0.717, 1.165) is 11.1 Å². The fourth-order valence-electron chi connectivity index (χ4n) is 2.29. The van der Waals surface area contributed by atoms with Crippen molar-refractivity contribution in [1.82, 2.24) is 4.90 Å². The summed E-state index contributed by atoms with van der Waals surface area (Å²) in [6.45, 7) is 1.98. The van der Waals surface area contributed by atoms with E-state index in [0.29, 0.717) is 17.0 Å². The Kier molecular flexibility index (Phi) is 5.95. The molecule has 0 saturated carbocycles. The van der Waals surface area contributed by atoms with E-state index in [1.807, 2.05) is 25.1 Å². The molecular weight excluding hydrogens is 316 g/mol. The second-order valence-corrected chi connectivity index (χ2v) is 5.84. The third kappa shape index (κ3) is 4.94. The number of nitrogens with zero attached hydrogens (tertiary/aromatic N) is 1. The average molecular weight is 338 g/mol. The molecule has 2 amide bonds. The van der Waals surface area contributed by atoms with E-state index in [2.05, 4.69) is 5.32 Å². The first kappa shape index (κ1) is 18.3. The van der Waals surface area contributed by atoms with Crippen LogP contribution in [0.5, 0.6) is 5.75 Å². The van der Waals surface area contributed by atoms with E-state index < -0.39 is 0 Å². The highest BCUT2D eigenvalue weighted by atomic mass is 16.5. The predicted molar refractivity (Wildman–Crippen MR) is 99.9 cm³/mol. The zero-order valence-corrected chi connectivity index (χ0v) is 14.9. The lowest BCUT2D eigenvalue weighted by atomic mass is 10.1. The first-order chi connectivity index (χ1) is 11.9. The molecule has 0 fully saturated rings. The van der Waals surface area contributed by atoms with Crippen LogP contribution in [-0.2, 0) is 4.79 Å². The maximum absolute atomic E-state index is 12.1. The predicted octanol–water partition coefficient (Wildman–Crippen LogP) is 3.36. The van der Waals surface area contributed by atoms with Crippen molar-refractivity contribution in [2.75, 3.05) is 26.5 Å². The van der Waals surface area contributed by atoms with Crippen molar-refractivity contribution in [1.29, 1.82) is 0 Å². The minimum Gasteiger partial charge on any atom is -0.496 e. The fraction of sp³-hybridized carbons (Fsp3) is 0.200. The number of carbonyl (C=O) groups is 2. The summed E-state index contributed by atoms with van der Waals surface area (Å²) >= 11 is 0. The Bertz CT molecular complexity index is 793. The van der Waals surface area contributed by atoms with Crippen LogP contribution in [0.1, 0.15) is 21.5 Å². The number of anilines is 1. The number of aryl methyl sites for hydroxylation is 1. The Labute approximate surface area is 147 Å². The van der Waals surface area contributed by atoms with Crippen molar-refractivity contribution in [2.24, 2.45) is 0 Å². The zero-order valence-electron chi connectivity index (χ0n) is 14.9. The molecule has 2 aromatic rings. The number of rotatable bonds is 5. The molecule has 0 saturated heterocycles. The normalized spacial score (nSPS) is 10.6. The maximum atomic E-state index is 12.1. The SMILES string of the molecule is COc1ccc(C)cc1/C=C/C(=O)Nc1ccc(C(=O)N(C)C)cc1. The molecule has 0 spiro atoms. The van der Waals surface area contributed by atoms with Gasteiger partial charge in [0, 0.05) is 37.0 Å². The number of ether oxygens (including phenoxy) is 1. The highest BCUT2D eigenvalue weighted by Gasteiger charge is 2.07. The highest BCUT2D eigenvalue weighted by molar-refractivity contribution is 6.02. The number of methoxy groups -OCH3 is 1. The average Bonchev–Trinajstić information content (AvgIpc) is 2.60. The molecule has 0 heterocycles. The monoisotopic (exact) mass is 338 g/mol. The van der Waals surface area contributed by atoms with Crippen molar-refractivity contribution in [3.8, 4) is 5.75 Å². The molecule has 2 aromatic carbocycles. The third-order valence-corrected chi connectivity index (χ3v) is 3.61. The molecule has 5 nitrogen and oxygen atoms in total. The molecule has 0 unspecified atom stereocenters. The van der Waals surface area contributed by atoms with Crippen LogP contribution >= 0.6 is 0 Å². The Hall–Kier alpha value is -3.08. The van der Waals surface area contributed by atoms with Gasteiger partial charge in [0.15, 0.2) is 0 Å². The molecular formula is C20H22N2O3. The standard InChI is InChI=1S/C20H22N2O3/c1-14-5-11-18(25-4)16(13-14)8-12-19(23)21-17-9-6-15(7-10-17)20(24)22(2)3/h5-13H,1-4H3,(H,21,23)/b12-8+. The van der Waals surface area contributed by atoms with Gasteiger partial charge in [-0.25, -0.2) is 0 Å². The van der Waals surface area contributed by atoms with Crippen LogP contribution in [0.2, 0.25) is 0 Å². The first-order valence-corrected chi connectivity index (χ1v) is 7.86. The zero-order chi connectivity index (χ0) is 18.4. The van der Waals surface area contributed by atoms with Gasteiger partial charge >= 0.3 is 0 Å². The van der Waals surface area contributed by atoms with E-state index in [9.17, 15) is 9.59 Å². The number of hydrogen-bond acceptors (Lipinski definition) is 3.